The van der Waals surface area contributed by atoms with Crippen LogP contribution in [0.1, 0.15) is 16.7 Å². The van der Waals surface area contributed by atoms with Gasteiger partial charge in [-0.1, -0.05) is 53.0 Å². The van der Waals surface area contributed by atoms with E-state index >= 15 is 0 Å². The highest BCUT2D eigenvalue weighted by Crippen LogP contribution is 2.28. The zero-order valence-corrected chi connectivity index (χ0v) is 16.5. The number of halogens is 2. The average Bonchev–Trinajstić information content (AvgIpc) is 3.01. The first-order valence-corrected chi connectivity index (χ1v) is 9.33. The fourth-order valence-electron chi connectivity index (χ4n) is 2.44. The molecule has 0 spiro atoms. The first-order valence-electron chi connectivity index (χ1n) is 7.70. The minimum absolute atomic E-state index is 0.519. The van der Waals surface area contributed by atoms with Crippen LogP contribution in [-0.4, -0.2) is 17.9 Å². The van der Waals surface area contributed by atoms with Crippen molar-refractivity contribution < 1.29 is 0 Å². The molecule has 128 valence electrons. The lowest BCUT2D eigenvalue weighted by Gasteiger charge is -2.06. The van der Waals surface area contributed by atoms with E-state index in [9.17, 15) is 0 Å². The van der Waals surface area contributed by atoms with Crippen LogP contribution in [-0.2, 0) is 0 Å². The summed E-state index contributed by atoms with van der Waals surface area (Å²) in [6.07, 6.45) is 1.87. The SMILES string of the molecule is CN=c1scc(-c2ccc(Cl)c(Cl)c2)n1/N=C/c1cc(C)ccc1C. The molecule has 25 heavy (non-hydrogen) atoms. The standard InChI is InChI=1S/C19H17Cl2N3S/c1-12-4-5-13(2)15(8-12)10-23-24-18(11-25-19(24)22-3)14-6-7-16(20)17(21)9-14/h4-11H,1-3H3/b22-19?,23-10+. The first kappa shape index (κ1) is 17.9. The minimum Gasteiger partial charge on any atom is -0.261 e. The zero-order chi connectivity index (χ0) is 18.0. The van der Waals surface area contributed by atoms with Gasteiger partial charge < -0.3 is 0 Å². The Hall–Kier alpha value is -1.88. The maximum Gasteiger partial charge on any atom is 0.205 e. The number of nitrogens with zero attached hydrogens (tertiary/aromatic N) is 3. The average molecular weight is 390 g/mol. The molecule has 0 aliphatic carbocycles. The fraction of sp³-hybridized carbons (Fsp3) is 0.158. The van der Waals surface area contributed by atoms with E-state index in [0.29, 0.717) is 10.0 Å². The van der Waals surface area contributed by atoms with Crippen LogP contribution >= 0.6 is 34.5 Å². The van der Waals surface area contributed by atoms with Gasteiger partial charge in [-0.3, -0.25) is 4.99 Å². The van der Waals surface area contributed by atoms with Gasteiger partial charge in [0.15, 0.2) is 0 Å². The monoisotopic (exact) mass is 389 g/mol. The molecular weight excluding hydrogens is 373 g/mol. The van der Waals surface area contributed by atoms with Crippen molar-refractivity contribution in [2.24, 2.45) is 10.1 Å². The maximum absolute atomic E-state index is 6.17. The molecule has 3 nitrogen and oxygen atoms in total. The Kier molecular flexibility index (Phi) is 5.42. The van der Waals surface area contributed by atoms with E-state index in [2.05, 4.69) is 42.1 Å². The molecule has 3 aromatic rings. The normalized spacial score (nSPS) is 12.3. The van der Waals surface area contributed by atoms with Crippen LogP contribution in [0.2, 0.25) is 10.0 Å². The summed E-state index contributed by atoms with van der Waals surface area (Å²) >= 11 is 13.7. The Morgan fingerprint density at radius 2 is 1.84 bits per heavy atom. The number of aromatic nitrogens is 1. The van der Waals surface area contributed by atoms with Crippen LogP contribution in [0.25, 0.3) is 11.3 Å². The van der Waals surface area contributed by atoms with E-state index in [0.717, 1.165) is 21.6 Å². The maximum atomic E-state index is 6.17. The van der Waals surface area contributed by atoms with Crippen molar-refractivity contribution in [2.45, 2.75) is 13.8 Å². The van der Waals surface area contributed by atoms with Gasteiger partial charge in [-0.05, 0) is 37.1 Å². The predicted octanol–water partition coefficient (Wildman–Crippen LogP) is 5.55. The van der Waals surface area contributed by atoms with E-state index in [1.807, 2.05) is 28.4 Å². The number of benzene rings is 2. The van der Waals surface area contributed by atoms with Crippen molar-refractivity contribution in [2.75, 3.05) is 7.05 Å². The van der Waals surface area contributed by atoms with Crippen LogP contribution in [0.3, 0.4) is 0 Å². The summed E-state index contributed by atoms with van der Waals surface area (Å²) in [7, 11) is 1.76. The third kappa shape index (κ3) is 3.87. The van der Waals surface area contributed by atoms with Gasteiger partial charge in [-0.2, -0.15) is 5.10 Å². The molecule has 3 rings (SSSR count). The molecular formula is C19H17Cl2N3S. The first-order chi connectivity index (χ1) is 12.0. The lowest BCUT2D eigenvalue weighted by atomic mass is 10.1. The van der Waals surface area contributed by atoms with Crippen molar-refractivity contribution in [3.63, 3.8) is 0 Å². The van der Waals surface area contributed by atoms with Crippen molar-refractivity contribution in [3.05, 3.63) is 73.3 Å². The molecule has 0 aliphatic rings. The molecule has 0 unspecified atom stereocenters. The van der Waals surface area contributed by atoms with Crippen LogP contribution in [0.5, 0.6) is 0 Å². The van der Waals surface area contributed by atoms with E-state index in [-0.39, 0.29) is 0 Å². The van der Waals surface area contributed by atoms with Gasteiger partial charge in [0.05, 0.1) is 22.0 Å². The summed E-state index contributed by atoms with van der Waals surface area (Å²) in [5.41, 5.74) is 5.33. The molecule has 0 saturated heterocycles. The van der Waals surface area contributed by atoms with Crippen LogP contribution < -0.4 is 4.80 Å². The molecule has 6 heteroatoms. The Morgan fingerprint density at radius 3 is 2.56 bits per heavy atom. The summed E-state index contributed by atoms with van der Waals surface area (Å²) in [5.74, 6) is 0. The third-order valence-electron chi connectivity index (χ3n) is 3.84. The minimum atomic E-state index is 0.519. The summed E-state index contributed by atoms with van der Waals surface area (Å²) in [6, 6.07) is 11.9. The van der Waals surface area contributed by atoms with E-state index in [1.165, 1.54) is 22.5 Å². The molecule has 0 aliphatic heterocycles. The Morgan fingerprint density at radius 1 is 1.04 bits per heavy atom. The van der Waals surface area contributed by atoms with Gasteiger partial charge in [0, 0.05) is 18.0 Å². The number of rotatable bonds is 3. The van der Waals surface area contributed by atoms with Gasteiger partial charge in [0.25, 0.3) is 0 Å². The van der Waals surface area contributed by atoms with E-state index < -0.39 is 0 Å². The van der Waals surface area contributed by atoms with Crippen molar-refractivity contribution in [1.82, 2.24) is 4.68 Å². The third-order valence-corrected chi connectivity index (χ3v) is 5.49. The molecule has 1 heterocycles. The molecule has 2 aromatic carbocycles. The molecule has 0 saturated carbocycles. The summed E-state index contributed by atoms with van der Waals surface area (Å²) < 4.78 is 1.83. The van der Waals surface area contributed by atoms with Crippen LogP contribution in [0.4, 0.5) is 0 Å². The number of aryl methyl sites for hydroxylation is 2. The second-order valence-corrected chi connectivity index (χ2v) is 7.32. The van der Waals surface area contributed by atoms with E-state index in [4.69, 9.17) is 23.2 Å². The number of thiazole rings is 1. The lowest BCUT2D eigenvalue weighted by molar-refractivity contribution is 0.848. The summed E-state index contributed by atoms with van der Waals surface area (Å²) in [5, 5.41) is 7.74. The van der Waals surface area contributed by atoms with Crippen LogP contribution in [0, 0.1) is 13.8 Å². The molecule has 0 N–H and O–H groups in total. The lowest BCUT2D eigenvalue weighted by Crippen LogP contribution is -2.11. The van der Waals surface area contributed by atoms with Crippen molar-refractivity contribution in [1.29, 1.82) is 0 Å². The van der Waals surface area contributed by atoms with E-state index in [1.54, 1.807) is 13.1 Å². The quantitative estimate of drug-likeness (QED) is 0.525. The molecule has 0 radical (unpaired) electrons. The highest BCUT2D eigenvalue weighted by molar-refractivity contribution is 7.07. The molecule has 0 amide bonds. The molecule has 0 fully saturated rings. The Balaban J connectivity index is 2.09. The Bertz CT molecular complexity index is 1020. The number of hydrogen-bond donors (Lipinski definition) is 0. The second kappa shape index (κ2) is 7.56. The van der Waals surface area contributed by atoms with Crippen LogP contribution in [0.15, 0.2) is 51.9 Å². The Labute approximate surface area is 160 Å². The zero-order valence-electron chi connectivity index (χ0n) is 14.1. The molecule has 1 aromatic heterocycles. The smallest absolute Gasteiger partial charge is 0.205 e. The van der Waals surface area contributed by atoms with Crippen molar-refractivity contribution in [3.8, 4) is 11.3 Å². The number of hydrogen-bond acceptors (Lipinski definition) is 3. The van der Waals surface area contributed by atoms with Gasteiger partial charge in [0.2, 0.25) is 4.80 Å². The molecule has 0 bridgehead atoms. The van der Waals surface area contributed by atoms with Gasteiger partial charge in [-0.25, -0.2) is 4.68 Å². The summed E-state index contributed by atoms with van der Waals surface area (Å²) in [6.45, 7) is 4.15. The highest BCUT2D eigenvalue weighted by atomic mass is 35.5. The second-order valence-electron chi connectivity index (χ2n) is 5.67. The highest BCUT2D eigenvalue weighted by Gasteiger charge is 2.09. The van der Waals surface area contributed by atoms with Crippen molar-refractivity contribution >= 4 is 40.8 Å². The van der Waals surface area contributed by atoms with Gasteiger partial charge >= 0.3 is 0 Å². The predicted molar refractivity (Wildman–Crippen MR) is 108 cm³/mol. The topological polar surface area (TPSA) is 29.6 Å². The van der Waals surface area contributed by atoms with Gasteiger partial charge in [0.1, 0.15) is 0 Å². The fourth-order valence-corrected chi connectivity index (χ4v) is 3.54. The summed E-state index contributed by atoms with van der Waals surface area (Å²) in [4.78, 5) is 5.13. The van der Waals surface area contributed by atoms with Gasteiger partial charge in [-0.15, -0.1) is 11.3 Å². The molecule has 0 atom stereocenters. The largest absolute Gasteiger partial charge is 0.261 e.